The molecule has 7 heteroatoms. The van der Waals surface area contributed by atoms with Gasteiger partial charge in [-0.15, -0.1) is 0 Å². The van der Waals surface area contributed by atoms with Crippen LogP contribution in [0.4, 0.5) is 10.8 Å². The summed E-state index contributed by atoms with van der Waals surface area (Å²) in [5.41, 5.74) is 4.31. The van der Waals surface area contributed by atoms with Crippen LogP contribution >= 0.6 is 23.1 Å². The lowest BCUT2D eigenvalue weighted by molar-refractivity contribution is -0.113. The van der Waals surface area contributed by atoms with E-state index in [1.165, 1.54) is 22.9 Å². The molecule has 1 aromatic heterocycles. The topological polar surface area (TPSA) is 63.6 Å². The predicted octanol–water partition coefficient (Wildman–Crippen LogP) is 6.51. The van der Waals surface area contributed by atoms with Gasteiger partial charge in [0.05, 0.1) is 28.1 Å². The number of nitrogens with zero attached hydrogens (tertiary/aromatic N) is 2. The van der Waals surface area contributed by atoms with Crippen LogP contribution in [0.3, 0.4) is 0 Å². The molecule has 1 N–H and O–H groups in total. The molecule has 172 valence electrons. The SMILES string of the molecule is COc1ccc2nc(NCCc3ccc(N=C4C[C@@H](Cc5ccccc5)C(=O)S4)cc3)sc2c1. The summed E-state index contributed by atoms with van der Waals surface area (Å²) in [5, 5.41) is 5.47. The molecule has 0 aliphatic carbocycles. The van der Waals surface area contributed by atoms with E-state index in [9.17, 15) is 4.79 Å². The Kier molecular flexibility index (Phi) is 6.92. The number of benzene rings is 3. The molecule has 5 rings (SSSR count). The van der Waals surface area contributed by atoms with Gasteiger partial charge in [-0.25, -0.2) is 9.98 Å². The lowest BCUT2D eigenvalue weighted by Crippen LogP contribution is -2.08. The van der Waals surface area contributed by atoms with E-state index in [1.54, 1.807) is 18.4 Å². The predicted molar refractivity (Wildman–Crippen MR) is 143 cm³/mol. The van der Waals surface area contributed by atoms with Crippen molar-refractivity contribution in [2.75, 3.05) is 19.0 Å². The third-order valence-corrected chi connectivity index (χ3v) is 7.78. The van der Waals surface area contributed by atoms with Crippen LogP contribution in [-0.4, -0.2) is 28.8 Å². The summed E-state index contributed by atoms with van der Waals surface area (Å²) >= 11 is 2.93. The van der Waals surface area contributed by atoms with Gasteiger partial charge in [-0.3, -0.25) is 4.79 Å². The third-order valence-electron chi connectivity index (χ3n) is 5.77. The highest BCUT2D eigenvalue weighted by Gasteiger charge is 2.30. The molecule has 0 spiro atoms. The van der Waals surface area contributed by atoms with Crippen molar-refractivity contribution in [3.05, 3.63) is 83.9 Å². The number of anilines is 1. The number of methoxy groups -OCH3 is 1. The van der Waals surface area contributed by atoms with Crippen LogP contribution in [0, 0.1) is 5.92 Å². The number of carbonyl (C=O) groups is 1. The van der Waals surface area contributed by atoms with Crippen LogP contribution in [0.25, 0.3) is 10.2 Å². The number of fused-ring (bicyclic) bond motifs is 1. The van der Waals surface area contributed by atoms with Crippen LogP contribution in [0.1, 0.15) is 17.5 Å². The molecule has 3 aromatic carbocycles. The minimum absolute atomic E-state index is 0.0140. The van der Waals surface area contributed by atoms with Crippen LogP contribution in [-0.2, 0) is 17.6 Å². The lowest BCUT2D eigenvalue weighted by atomic mass is 9.98. The molecule has 1 aliphatic rings. The molecule has 4 aromatic rings. The minimum atomic E-state index is 0.0140. The first-order valence-corrected chi connectivity index (χ1v) is 12.9. The van der Waals surface area contributed by atoms with Crippen molar-refractivity contribution in [2.45, 2.75) is 19.3 Å². The zero-order valence-electron chi connectivity index (χ0n) is 18.9. The molecule has 0 amide bonds. The van der Waals surface area contributed by atoms with Gasteiger partial charge >= 0.3 is 0 Å². The van der Waals surface area contributed by atoms with Gasteiger partial charge < -0.3 is 10.1 Å². The molecule has 0 saturated carbocycles. The average molecular weight is 488 g/mol. The smallest absolute Gasteiger partial charge is 0.198 e. The maximum Gasteiger partial charge on any atom is 0.198 e. The van der Waals surface area contributed by atoms with E-state index in [0.29, 0.717) is 0 Å². The normalized spacial score (nSPS) is 16.9. The van der Waals surface area contributed by atoms with E-state index in [1.807, 2.05) is 48.5 Å². The van der Waals surface area contributed by atoms with Gasteiger partial charge in [-0.05, 0) is 66.1 Å². The van der Waals surface area contributed by atoms with Gasteiger partial charge in [0.1, 0.15) is 5.75 Å². The first kappa shape index (κ1) is 22.6. The fourth-order valence-corrected chi connectivity index (χ4v) is 5.88. The summed E-state index contributed by atoms with van der Waals surface area (Å²) in [6, 6.07) is 24.4. The molecule has 2 heterocycles. The number of thioether (sulfide) groups is 1. The second-order valence-electron chi connectivity index (χ2n) is 8.21. The van der Waals surface area contributed by atoms with E-state index >= 15 is 0 Å². The Balaban J connectivity index is 1.14. The molecule has 1 fully saturated rings. The van der Waals surface area contributed by atoms with Gasteiger partial charge in [0.2, 0.25) is 0 Å². The van der Waals surface area contributed by atoms with Gasteiger partial charge in [0.15, 0.2) is 10.2 Å². The van der Waals surface area contributed by atoms with Crippen LogP contribution < -0.4 is 10.1 Å². The summed E-state index contributed by atoms with van der Waals surface area (Å²) in [6.07, 6.45) is 2.39. The lowest BCUT2D eigenvalue weighted by Gasteiger charge is -2.06. The fourth-order valence-electron chi connectivity index (χ4n) is 3.96. The number of thiazole rings is 1. The van der Waals surface area contributed by atoms with Crippen molar-refractivity contribution < 1.29 is 9.53 Å². The first-order chi connectivity index (χ1) is 16.7. The molecular formula is C27H25N3O2S2. The van der Waals surface area contributed by atoms with E-state index in [-0.39, 0.29) is 11.0 Å². The molecule has 1 saturated heterocycles. The molecule has 5 nitrogen and oxygen atoms in total. The highest BCUT2D eigenvalue weighted by atomic mass is 32.2. The summed E-state index contributed by atoms with van der Waals surface area (Å²) < 4.78 is 6.40. The largest absolute Gasteiger partial charge is 0.497 e. The molecule has 1 atom stereocenters. The molecule has 34 heavy (non-hydrogen) atoms. The van der Waals surface area contributed by atoms with E-state index < -0.39 is 0 Å². The van der Waals surface area contributed by atoms with E-state index in [4.69, 9.17) is 9.73 Å². The van der Waals surface area contributed by atoms with Crippen molar-refractivity contribution >= 4 is 54.3 Å². The summed E-state index contributed by atoms with van der Waals surface area (Å²) in [4.78, 5) is 21.8. The summed E-state index contributed by atoms with van der Waals surface area (Å²) in [7, 11) is 1.67. The maximum absolute atomic E-state index is 12.4. The first-order valence-electron chi connectivity index (χ1n) is 11.3. The molecule has 1 aliphatic heterocycles. The molecule has 0 radical (unpaired) electrons. The van der Waals surface area contributed by atoms with Crippen LogP contribution in [0.5, 0.6) is 5.75 Å². The Bertz CT molecular complexity index is 1320. The maximum atomic E-state index is 12.4. The molecule has 0 bridgehead atoms. The zero-order chi connectivity index (χ0) is 23.3. The van der Waals surface area contributed by atoms with Crippen molar-refractivity contribution in [2.24, 2.45) is 10.9 Å². The number of hydrogen-bond acceptors (Lipinski definition) is 7. The highest BCUT2D eigenvalue weighted by Crippen LogP contribution is 2.33. The molecular weight excluding hydrogens is 462 g/mol. The minimum Gasteiger partial charge on any atom is -0.497 e. The fraction of sp³-hybridized carbons (Fsp3) is 0.222. The third kappa shape index (κ3) is 5.48. The van der Waals surface area contributed by atoms with Crippen molar-refractivity contribution in [1.82, 2.24) is 4.98 Å². The number of carbonyl (C=O) groups excluding carboxylic acids is 1. The van der Waals surface area contributed by atoms with Crippen molar-refractivity contribution in [1.29, 1.82) is 0 Å². The Labute approximate surface area is 207 Å². The average Bonchev–Trinajstić information content (AvgIpc) is 3.42. The standard InChI is InChI=1S/C27H25N3O2S2/c1-32-22-11-12-23-24(17-22)33-27(30-23)28-14-13-18-7-9-21(10-8-18)29-25-16-20(26(31)34-25)15-19-5-3-2-4-6-19/h2-12,17,20H,13-16H2,1H3,(H,28,30)/t20-/m1/s1. The van der Waals surface area contributed by atoms with E-state index in [0.717, 1.165) is 57.6 Å². The molecule has 0 unspecified atom stereocenters. The zero-order valence-corrected chi connectivity index (χ0v) is 20.5. The number of aromatic nitrogens is 1. The van der Waals surface area contributed by atoms with Crippen LogP contribution in [0.2, 0.25) is 0 Å². The van der Waals surface area contributed by atoms with Gasteiger partial charge in [0.25, 0.3) is 0 Å². The van der Waals surface area contributed by atoms with Crippen LogP contribution in [0.15, 0.2) is 77.8 Å². The quantitative estimate of drug-likeness (QED) is 0.307. The van der Waals surface area contributed by atoms with Gasteiger partial charge in [0, 0.05) is 18.9 Å². The Morgan fingerprint density at radius 3 is 2.68 bits per heavy atom. The number of rotatable bonds is 8. The number of nitrogens with one attached hydrogen (secondary N) is 1. The Morgan fingerprint density at radius 2 is 1.88 bits per heavy atom. The van der Waals surface area contributed by atoms with Gasteiger partial charge in [-0.1, -0.05) is 53.8 Å². The summed E-state index contributed by atoms with van der Waals surface area (Å²) in [6.45, 7) is 0.802. The van der Waals surface area contributed by atoms with Crippen molar-refractivity contribution in [3.8, 4) is 5.75 Å². The number of aliphatic imine (C=N–C) groups is 1. The summed E-state index contributed by atoms with van der Waals surface area (Å²) in [5.74, 6) is 0.860. The van der Waals surface area contributed by atoms with E-state index in [2.05, 4.69) is 34.6 Å². The second-order valence-corrected chi connectivity index (χ2v) is 10.3. The van der Waals surface area contributed by atoms with Crippen molar-refractivity contribution in [3.63, 3.8) is 0 Å². The highest BCUT2D eigenvalue weighted by molar-refractivity contribution is 8.27. The Hall–Kier alpha value is -3.16. The van der Waals surface area contributed by atoms with Gasteiger partial charge in [-0.2, -0.15) is 0 Å². The monoisotopic (exact) mass is 487 g/mol. The number of ether oxygens (including phenoxy) is 1. The second kappa shape index (κ2) is 10.4. The number of hydrogen-bond donors (Lipinski definition) is 1. The Morgan fingerprint density at radius 1 is 1.06 bits per heavy atom.